The largest absolute Gasteiger partial charge is 0.496 e. The Morgan fingerprint density at radius 3 is 2.37 bits per heavy atom. The van der Waals surface area contributed by atoms with Crippen LogP contribution in [0.25, 0.3) is 0 Å². The van der Waals surface area contributed by atoms with E-state index in [-0.39, 0.29) is 10.6 Å². The van der Waals surface area contributed by atoms with Crippen LogP contribution in [0, 0.1) is 0 Å². The molecule has 19 heavy (non-hydrogen) atoms. The van der Waals surface area contributed by atoms with E-state index in [1.807, 2.05) is 18.2 Å². The first kappa shape index (κ1) is 14.1. The first-order chi connectivity index (χ1) is 9.03. The summed E-state index contributed by atoms with van der Waals surface area (Å²) < 4.78 is 30.3. The van der Waals surface area contributed by atoms with Gasteiger partial charge in [0.15, 0.2) is 9.84 Å². The third kappa shape index (κ3) is 3.36. The second kappa shape index (κ2) is 5.75. The van der Waals surface area contributed by atoms with Gasteiger partial charge in [0.25, 0.3) is 0 Å². The summed E-state index contributed by atoms with van der Waals surface area (Å²) >= 11 is 3.30. The van der Waals surface area contributed by atoms with Crippen LogP contribution in [0.4, 0.5) is 0 Å². The second-order valence-corrected chi connectivity index (χ2v) is 6.88. The fraction of sp³-hybridized carbons (Fsp3) is 0.143. The predicted molar refractivity (Wildman–Crippen MR) is 78.0 cm³/mol. The molecule has 0 N–H and O–H groups in total. The highest BCUT2D eigenvalue weighted by molar-refractivity contribution is 9.10. The molecule has 0 atom stereocenters. The molecule has 0 fully saturated rings. The molecular formula is C14H13BrO3S. The van der Waals surface area contributed by atoms with Gasteiger partial charge in [0.1, 0.15) is 5.75 Å². The zero-order chi connectivity index (χ0) is 13.9. The van der Waals surface area contributed by atoms with Crippen molar-refractivity contribution >= 4 is 25.8 Å². The minimum atomic E-state index is -3.35. The monoisotopic (exact) mass is 340 g/mol. The van der Waals surface area contributed by atoms with E-state index >= 15 is 0 Å². The third-order valence-electron chi connectivity index (χ3n) is 2.68. The summed E-state index contributed by atoms with van der Waals surface area (Å²) in [6, 6.07) is 13.9. The summed E-state index contributed by atoms with van der Waals surface area (Å²) in [7, 11) is -1.81. The molecule has 2 rings (SSSR count). The van der Waals surface area contributed by atoms with E-state index < -0.39 is 9.84 Å². The highest BCUT2D eigenvalue weighted by Gasteiger charge is 2.16. The van der Waals surface area contributed by atoms with Crippen LogP contribution < -0.4 is 4.74 Å². The Labute approximate surface area is 121 Å². The van der Waals surface area contributed by atoms with Crippen molar-refractivity contribution in [3.63, 3.8) is 0 Å². The minimum Gasteiger partial charge on any atom is -0.496 e. The van der Waals surface area contributed by atoms with Crippen molar-refractivity contribution in [3.05, 3.63) is 58.6 Å². The molecule has 0 saturated carbocycles. The van der Waals surface area contributed by atoms with Crippen LogP contribution in [0.3, 0.4) is 0 Å². The lowest BCUT2D eigenvalue weighted by Gasteiger charge is -2.08. The van der Waals surface area contributed by atoms with Crippen molar-refractivity contribution in [1.29, 1.82) is 0 Å². The van der Waals surface area contributed by atoms with Gasteiger partial charge in [0.05, 0.1) is 22.2 Å². The van der Waals surface area contributed by atoms with Gasteiger partial charge in [-0.3, -0.25) is 0 Å². The van der Waals surface area contributed by atoms with Gasteiger partial charge in [-0.1, -0.05) is 30.3 Å². The minimum absolute atomic E-state index is 0.00733. The number of methoxy groups -OCH3 is 1. The molecule has 0 bridgehead atoms. The van der Waals surface area contributed by atoms with E-state index in [9.17, 15) is 8.42 Å². The third-order valence-corrected chi connectivity index (χ3v) is 4.99. The van der Waals surface area contributed by atoms with Crippen LogP contribution in [0.15, 0.2) is 57.9 Å². The summed E-state index contributed by atoms with van der Waals surface area (Å²) in [5, 5.41) is 0. The molecule has 5 heteroatoms. The lowest BCUT2D eigenvalue weighted by molar-refractivity contribution is 0.411. The van der Waals surface area contributed by atoms with E-state index in [2.05, 4.69) is 15.9 Å². The quantitative estimate of drug-likeness (QED) is 0.856. The molecule has 3 nitrogen and oxygen atoms in total. The molecule has 2 aromatic rings. The van der Waals surface area contributed by atoms with Gasteiger partial charge in [0, 0.05) is 0 Å². The van der Waals surface area contributed by atoms with Gasteiger partial charge in [-0.2, -0.15) is 0 Å². The van der Waals surface area contributed by atoms with Crippen molar-refractivity contribution in [2.24, 2.45) is 0 Å². The van der Waals surface area contributed by atoms with Crippen LogP contribution in [-0.2, 0) is 15.6 Å². The lowest BCUT2D eigenvalue weighted by atomic mass is 10.2. The maximum atomic E-state index is 12.3. The number of rotatable bonds is 4. The van der Waals surface area contributed by atoms with Crippen molar-refractivity contribution in [1.82, 2.24) is 0 Å². The van der Waals surface area contributed by atoms with E-state index in [0.29, 0.717) is 10.2 Å². The maximum Gasteiger partial charge on any atom is 0.182 e. The average molecular weight is 341 g/mol. The summed E-state index contributed by atoms with van der Waals surface area (Å²) in [4.78, 5) is 0.282. The maximum absolute atomic E-state index is 12.3. The Morgan fingerprint density at radius 1 is 1.11 bits per heavy atom. The molecule has 0 aliphatic rings. The summed E-state index contributed by atoms with van der Waals surface area (Å²) in [6.07, 6.45) is 0. The zero-order valence-electron chi connectivity index (χ0n) is 10.3. The molecule has 0 unspecified atom stereocenters. The summed E-state index contributed by atoms with van der Waals surface area (Å²) in [5.41, 5.74) is 0.773. The Morgan fingerprint density at radius 2 is 1.79 bits per heavy atom. The second-order valence-electron chi connectivity index (χ2n) is 4.04. The van der Waals surface area contributed by atoms with Gasteiger partial charge in [-0.15, -0.1) is 0 Å². The van der Waals surface area contributed by atoms with Crippen LogP contribution in [-0.4, -0.2) is 15.5 Å². The number of benzene rings is 2. The standard InChI is InChI=1S/C14H13BrO3S/c1-18-14-8-7-12(9-13(14)15)19(16,17)10-11-5-3-2-4-6-11/h2-9H,10H2,1H3. The van der Waals surface area contributed by atoms with Crippen molar-refractivity contribution in [3.8, 4) is 5.75 Å². The van der Waals surface area contributed by atoms with Gasteiger partial charge >= 0.3 is 0 Å². The fourth-order valence-corrected chi connectivity index (χ4v) is 3.78. The van der Waals surface area contributed by atoms with Crippen molar-refractivity contribution in [2.45, 2.75) is 10.6 Å². The van der Waals surface area contributed by atoms with Gasteiger partial charge < -0.3 is 4.74 Å². The normalized spacial score (nSPS) is 11.3. The molecule has 0 amide bonds. The van der Waals surface area contributed by atoms with Crippen LogP contribution in [0.2, 0.25) is 0 Å². The van der Waals surface area contributed by atoms with E-state index in [1.165, 1.54) is 7.11 Å². The molecule has 100 valence electrons. The SMILES string of the molecule is COc1ccc(S(=O)(=O)Cc2ccccc2)cc1Br. The first-order valence-electron chi connectivity index (χ1n) is 5.63. The number of ether oxygens (including phenoxy) is 1. The topological polar surface area (TPSA) is 43.4 Å². The number of halogens is 1. The molecule has 0 heterocycles. The molecule has 0 aromatic heterocycles. The number of hydrogen-bond acceptors (Lipinski definition) is 3. The summed E-state index contributed by atoms with van der Waals surface area (Å²) in [5.74, 6) is 0.603. The number of sulfone groups is 1. The van der Waals surface area contributed by atoms with Gasteiger partial charge in [-0.25, -0.2) is 8.42 Å². The van der Waals surface area contributed by atoms with Crippen LogP contribution in [0.1, 0.15) is 5.56 Å². The number of hydrogen-bond donors (Lipinski definition) is 0. The average Bonchev–Trinajstić information content (AvgIpc) is 2.39. The van der Waals surface area contributed by atoms with Crippen LogP contribution in [0.5, 0.6) is 5.75 Å². The molecule has 0 spiro atoms. The predicted octanol–water partition coefficient (Wildman–Crippen LogP) is 3.43. The van der Waals surface area contributed by atoms with Gasteiger partial charge in [0.2, 0.25) is 0 Å². The lowest BCUT2D eigenvalue weighted by Crippen LogP contribution is -2.05. The molecule has 0 aliphatic carbocycles. The Balaban J connectivity index is 2.32. The van der Waals surface area contributed by atoms with Gasteiger partial charge in [-0.05, 0) is 39.7 Å². The summed E-state index contributed by atoms with van der Waals surface area (Å²) in [6.45, 7) is 0. The highest BCUT2D eigenvalue weighted by Crippen LogP contribution is 2.28. The Hall–Kier alpha value is -1.33. The molecule has 0 saturated heterocycles. The fourth-order valence-electron chi connectivity index (χ4n) is 1.72. The van der Waals surface area contributed by atoms with E-state index in [0.717, 1.165) is 5.56 Å². The van der Waals surface area contributed by atoms with E-state index in [1.54, 1.807) is 30.3 Å². The molecule has 2 aromatic carbocycles. The van der Waals surface area contributed by atoms with Crippen molar-refractivity contribution in [2.75, 3.05) is 7.11 Å². The van der Waals surface area contributed by atoms with E-state index in [4.69, 9.17) is 4.74 Å². The smallest absolute Gasteiger partial charge is 0.182 e. The highest BCUT2D eigenvalue weighted by atomic mass is 79.9. The molecule has 0 radical (unpaired) electrons. The van der Waals surface area contributed by atoms with Crippen molar-refractivity contribution < 1.29 is 13.2 Å². The Kier molecular flexibility index (Phi) is 4.27. The van der Waals surface area contributed by atoms with Crippen LogP contribution >= 0.6 is 15.9 Å². The first-order valence-corrected chi connectivity index (χ1v) is 8.08. The zero-order valence-corrected chi connectivity index (χ0v) is 12.7. The Bertz CT molecular complexity index is 666. The molecular weight excluding hydrogens is 328 g/mol. The molecule has 0 aliphatic heterocycles.